The van der Waals surface area contributed by atoms with Crippen molar-refractivity contribution in [3.05, 3.63) is 40.9 Å². The van der Waals surface area contributed by atoms with Gasteiger partial charge in [-0.2, -0.15) is 5.10 Å². The Morgan fingerprint density at radius 2 is 1.95 bits per heavy atom. The molecule has 0 aliphatic carbocycles. The fourth-order valence-corrected chi connectivity index (χ4v) is 2.39. The Hall–Kier alpha value is -1.62. The third-order valence-corrected chi connectivity index (χ3v) is 3.02. The number of nitrogens with zero attached hydrogens (tertiary/aromatic N) is 2. The molecule has 0 saturated carbocycles. The molecule has 0 aliphatic heterocycles. The molecule has 19 heavy (non-hydrogen) atoms. The molecule has 2 rings (SSSR count). The Morgan fingerprint density at radius 1 is 1.26 bits per heavy atom. The molecule has 102 valence electrons. The molecule has 0 atom stereocenters. The van der Waals surface area contributed by atoms with Crippen LogP contribution in [0.3, 0.4) is 0 Å². The number of hydrogen-bond donors (Lipinski definition) is 1. The SMILES string of the molecule is CC(C)(C)n1c(CCOc2ccccc2)n[nH]c1=S. The standard InChI is InChI=1S/C14H19N3OS/c1-14(2,3)17-12(15-16-13(17)19)9-10-18-11-7-5-4-6-8-11/h4-8H,9-10H2,1-3H3,(H,16,19). The first-order chi connectivity index (χ1) is 8.98. The van der Waals surface area contributed by atoms with Crippen molar-refractivity contribution in [2.45, 2.75) is 32.7 Å². The van der Waals surface area contributed by atoms with Crippen molar-refractivity contribution in [1.82, 2.24) is 14.8 Å². The Morgan fingerprint density at radius 3 is 2.58 bits per heavy atom. The van der Waals surface area contributed by atoms with Gasteiger partial charge in [-0.05, 0) is 45.1 Å². The Labute approximate surface area is 118 Å². The van der Waals surface area contributed by atoms with Gasteiger partial charge in [0.1, 0.15) is 11.6 Å². The summed E-state index contributed by atoms with van der Waals surface area (Å²) < 4.78 is 8.38. The minimum absolute atomic E-state index is 0.0772. The number of aromatic amines is 1. The molecule has 4 nitrogen and oxygen atoms in total. The first-order valence-corrected chi connectivity index (χ1v) is 6.74. The van der Waals surface area contributed by atoms with Crippen molar-refractivity contribution < 1.29 is 4.74 Å². The summed E-state index contributed by atoms with van der Waals surface area (Å²) in [4.78, 5) is 0. The van der Waals surface area contributed by atoms with E-state index in [0.29, 0.717) is 11.4 Å². The Balaban J connectivity index is 2.03. The predicted octanol–water partition coefficient (Wildman–Crippen LogP) is 3.32. The van der Waals surface area contributed by atoms with E-state index in [9.17, 15) is 0 Å². The van der Waals surface area contributed by atoms with Crippen LogP contribution < -0.4 is 4.74 Å². The van der Waals surface area contributed by atoms with Gasteiger partial charge in [-0.3, -0.25) is 9.67 Å². The molecule has 0 saturated heterocycles. The van der Waals surface area contributed by atoms with Gasteiger partial charge in [0, 0.05) is 12.0 Å². The predicted molar refractivity (Wildman–Crippen MR) is 78.0 cm³/mol. The second-order valence-corrected chi connectivity index (χ2v) is 5.75. The number of para-hydroxylation sites is 1. The third-order valence-electron chi connectivity index (χ3n) is 2.75. The van der Waals surface area contributed by atoms with Gasteiger partial charge in [0.25, 0.3) is 0 Å². The highest BCUT2D eigenvalue weighted by atomic mass is 32.1. The first-order valence-electron chi connectivity index (χ1n) is 6.33. The lowest BCUT2D eigenvalue weighted by atomic mass is 10.1. The number of aromatic nitrogens is 3. The fraction of sp³-hybridized carbons (Fsp3) is 0.429. The van der Waals surface area contributed by atoms with Crippen LogP contribution in [-0.2, 0) is 12.0 Å². The number of benzene rings is 1. The number of nitrogens with one attached hydrogen (secondary N) is 1. The average molecular weight is 277 g/mol. The fourth-order valence-electron chi connectivity index (χ4n) is 1.97. The molecule has 1 heterocycles. The van der Waals surface area contributed by atoms with Gasteiger partial charge in [0.15, 0.2) is 4.77 Å². The van der Waals surface area contributed by atoms with Crippen LogP contribution >= 0.6 is 12.2 Å². The lowest BCUT2D eigenvalue weighted by molar-refractivity contribution is 0.306. The smallest absolute Gasteiger partial charge is 0.195 e. The van der Waals surface area contributed by atoms with E-state index < -0.39 is 0 Å². The van der Waals surface area contributed by atoms with Gasteiger partial charge in [-0.25, -0.2) is 0 Å². The summed E-state index contributed by atoms with van der Waals surface area (Å²) >= 11 is 5.27. The zero-order valence-electron chi connectivity index (χ0n) is 11.5. The minimum atomic E-state index is -0.0772. The first kappa shape index (κ1) is 13.8. The normalized spacial score (nSPS) is 11.5. The van der Waals surface area contributed by atoms with Crippen molar-refractivity contribution in [3.8, 4) is 5.75 Å². The molecule has 2 aromatic rings. The van der Waals surface area contributed by atoms with Crippen LogP contribution in [0.5, 0.6) is 5.75 Å². The van der Waals surface area contributed by atoms with E-state index in [0.717, 1.165) is 18.0 Å². The zero-order chi connectivity index (χ0) is 13.9. The minimum Gasteiger partial charge on any atom is -0.493 e. The van der Waals surface area contributed by atoms with Crippen LogP contribution in [0.15, 0.2) is 30.3 Å². The monoisotopic (exact) mass is 277 g/mol. The van der Waals surface area contributed by atoms with E-state index in [2.05, 4.69) is 31.0 Å². The summed E-state index contributed by atoms with van der Waals surface area (Å²) in [6.45, 7) is 6.92. The van der Waals surface area contributed by atoms with Crippen molar-refractivity contribution in [2.75, 3.05) is 6.61 Å². The molecule has 0 spiro atoms. The van der Waals surface area contributed by atoms with Gasteiger partial charge < -0.3 is 4.74 Å². The van der Waals surface area contributed by atoms with Crippen LogP contribution in [0.25, 0.3) is 0 Å². The van der Waals surface area contributed by atoms with Crippen LogP contribution in [0, 0.1) is 4.77 Å². The molecule has 0 unspecified atom stereocenters. The van der Waals surface area contributed by atoms with E-state index in [4.69, 9.17) is 17.0 Å². The maximum Gasteiger partial charge on any atom is 0.195 e. The van der Waals surface area contributed by atoms with Crippen molar-refractivity contribution in [3.63, 3.8) is 0 Å². The van der Waals surface area contributed by atoms with Crippen LogP contribution in [0.4, 0.5) is 0 Å². The van der Waals surface area contributed by atoms with Gasteiger partial charge in [0.2, 0.25) is 0 Å². The number of hydrogen-bond acceptors (Lipinski definition) is 3. The van der Waals surface area contributed by atoms with Crippen molar-refractivity contribution >= 4 is 12.2 Å². The maximum atomic E-state index is 5.69. The highest BCUT2D eigenvalue weighted by Crippen LogP contribution is 2.17. The highest BCUT2D eigenvalue weighted by molar-refractivity contribution is 7.71. The molecular weight excluding hydrogens is 258 g/mol. The molecule has 1 N–H and O–H groups in total. The summed E-state index contributed by atoms with van der Waals surface area (Å²) in [6.07, 6.45) is 0.722. The molecule has 0 amide bonds. The number of ether oxygens (including phenoxy) is 1. The molecular formula is C14H19N3OS. The van der Waals surface area contributed by atoms with Crippen molar-refractivity contribution in [1.29, 1.82) is 0 Å². The lowest BCUT2D eigenvalue weighted by Gasteiger charge is -2.22. The average Bonchev–Trinajstić information content (AvgIpc) is 2.72. The summed E-state index contributed by atoms with van der Waals surface area (Å²) in [5.41, 5.74) is -0.0772. The molecule has 0 radical (unpaired) electrons. The van der Waals surface area contributed by atoms with Gasteiger partial charge >= 0.3 is 0 Å². The molecule has 1 aromatic heterocycles. The third kappa shape index (κ3) is 3.44. The summed E-state index contributed by atoms with van der Waals surface area (Å²) in [5, 5.41) is 7.13. The molecule has 0 aliphatic rings. The molecule has 0 bridgehead atoms. The molecule has 5 heteroatoms. The maximum absolute atomic E-state index is 5.69. The van der Waals surface area contributed by atoms with Gasteiger partial charge in [-0.1, -0.05) is 18.2 Å². The topological polar surface area (TPSA) is 42.8 Å². The quantitative estimate of drug-likeness (QED) is 0.872. The van der Waals surface area contributed by atoms with Crippen LogP contribution in [-0.4, -0.2) is 21.4 Å². The molecule has 1 aromatic carbocycles. The Bertz CT molecular complexity index is 581. The largest absolute Gasteiger partial charge is 0.493 e. The Kier molecular flexibility index (Phi) is 4.04. The summed E-state index contributed by atoms with van der Waals surface area (Å²) in [5.74, 6) is 1.80. The van der Waals surface area contributed by atoms with Gasteiger partial charge in [-0.15, -0.1) is 0 Å². The van der Waals surface area contributed by atoms with Gasteiger partial charge in [0.05, 0.1) is 6.61 Å². The van der Waals surface area contributed by atoms with E-state index in [1.165, 1.54) is 0 Å². The number of rotatable bonds is 4. The van der Waals surface area contributed by atoms with Crippen LogP contribution in [0.2, 0.25) is 0 Å². The van der Waals surface area contributed by atoms with E-state index in [1.54, 1.807) is 0 Å². The number of H-pyrrole nitrogens is 1. The van der Waals surface area contributed by atoms with Crippen molar-refractivity contribution in [2.24, 2.45) is 0 Å². The van der Waals surface area contributed by atoms with E-state index in [1.807, 2.05) is 34.9 Å². The molecule has 0 fully saturated rings. The second-order valence-electron chi connectivity index (χ2n) is 5.36. The van der Waals surface area contributed by atoms with E-state index in [-0.39, 0.29) is 5.54 Å². The summed E-state index contributed by atoms with van der Waals surface area (Å²) in [7, 11) is 0. The highest BCUT2D eigenvalue weighted by Gasteiger charge is 2.19. The zero-order valence-corrected chi connectivity index (χ0v) is 12.3. The second kappa shape index (κ2) is 5.57. The lowest BCUT2D eigenvalue weighted by Crippen LogP contribution is -2.25. The van der Waals surface area contributed by atoms with Crippen LogP contribution in [0.1, 0.15) is 26.6 Å². The summed E-state index contributed by atoms with van der Waals surface area (Å²) in [6, 6.07) is 9.78. The van der Waals surface area contributed by atoms with E-state index >= 15 is 0 Å².